The maximum absolute atomic E-state index is 3.61. The van der Waals surface area contributed by atoms with Gasteiger partial charge in [-0.1, -0.05) is 54.6 Å². The van der Waals surface area contributed by atoms with Crippen LogP contribution < -0.4 is 5.32 Å². The van der Waals surface area contributed by atoms with Crippen LogP contribution in [0, 0.1) is 6.92 Å². The van der Waals surface area contributed by atoms with Crippen molar-refractivity contribution in [1.29, 1.82) is 0 Å². The number of hydrogen-bond acceptors (Lipinski definition) is 1. The Morgan fingerprint density at radius 1 is 0.947 bits per heavy atom. The largest absolute Gasteiger partial charge is 0.310 e. The van der Waals surface area contributed by atoms with Crippen molar-refractivity contribution in [3.05, 3.63) is 71.3 Å². The zero-order chi connectivity index (χ0) is 13.5. The summed E-state index contributed by atoms with van der Waals surface area (Å²) in [5.41, 5.74) is 4.19. The minimum absolute atomic E-state index is 0.541. The topological polar surface area (TPSA) is 12.0 Å². The van der Waals surface area contributed by atoms with E-state index < -0.39 is 0 Å². The van der Waals surface area contributed by atoms with Crippen molar-refractivity contribution in [2.75, 3.05) is 0 Å². The van der Waals surface area contributed by atoms with Crippen LogP contribution in [-0.4, -0.2) is 6.04 Å². The van der Waals surface area contributed by atoms with E-state index in [1.807, 2.05) is 0 Å². The van der Waals surface area contributed by atoms with Gasteiger partial charge < -0.3 is 5.32 Å². The molecule has 1 N–H and O–H groups in total. The molecule has 19 heavy (non-hydrogen) atoms. The summed E-state index contributed by atoms with van der Waals surface area (Å²) in [6, 6.07) is 19.8. The lowest BCUT2D eigenvalue weighted by Crippen LogP contribution is -2.26. The molecular weight excluding hydrogens is 230 g/mol. The Balaban J connectivity index is 1.76. The summed E-state index contributed by atoms with van der Waals surface area (Å²) in [6.07, 6.45) is 2.32. The molecule has 0 saturated heterocycles. The van der Waals surface area contributed by atoms with Gasteiger partial charge in [0.2, 0.25) is 0 Å². The Hall–Kier alpha value is -1.60. The zero-order valence-corrected chi connectivity index (χ0v) is 11.9. The fourth-order valence-corrected chi connectivity index (χ4v) is 2.22. The molecule has 0 heterocycles. The van der Waals surface area contributed by atoms with Gasteiger partial charge in [-0.15, -0.1) is 0 Å². The molecule has 2 rings (SSSR count). The number of nitrogens with one attached hydrogen (secondary N) is 1. The molecule has 0 radical (unpaired) electrons. The monoisotopic (exact) mass is 253 g/mol. The molecule has 0 fully saturated rings. The van der Waals surface area contributed by atoms with Crippen LogP contribution >= 0.6 is 0 Å². The van der Waals surface area contributed by atoms with E-state index >= 15 is 0 Å². The molecule has 0 aliphatic heterocycles. The second kappa shape index (κ2) is 7.10. The van der Waals surface area contributed by atoms with Crippen LogP contribution in [0.1, 0.15) is 30.0 Å². The van der Waals surface area contributed by atoms with Gasteiger partial charge in [-0.3, -0.25) is 0 Å². The molecule has 100 valence electrons. The third kappa shape index (κ3) is 4.53. The lowest BCUT2D eigenvalue weighted by molar-refractivity contribution is 0.513. The fraction of sp³-hybridized carbons (Fsp3) is 0.333. The Labute approximate surface area is 116 Å². The van der Waals surface area contributed by atoms with Crippen LogP contribution in [0.5, 0.6) is 0 Å². The van der Waals surface area contributed by atoms with Gasteiger partial charge in [-0.25, -0.2) is 0 Å². The third-order valence-corrected chi connectivity index (χ3v) is 3.61. The molecule has 0 unspecified atom stereocenters. The average molecular weight is 253 g/mol. The van der Waals surface area contributed by atoms with E-state index in [2.05, 4.69) is 73.8 Å². The summed E-state index contributed by atoms with van der Waals surface area (Å²) in [6.45, 7) is 5.40. The molecule has 0 bridgehead atoms. The average Bonchev–Trinajstić information content (AvgIpc) is 2.45. The van der Waals surface area contributed by atoms with Gasteiger partial charge in [0.15, 0.2) is 0 Å². The quantitative estimate of drug-likeness (QED) is 0.817. The highest BCUT2D eigenvalue weighted by Crippen LogP contribution is 2.08. The van der Waals surface area contributed by atoms with Crippen LogP contribution in [0.4, 0.5) is 0 Å². The summed E-state index contributed by atoms with van der Waals surface area (Å²) in [5, 5.41) is 3.61. The van der Waals surface area contributed by atoms with Gasteiger partial charge in [0, 0.05) is 12.6 Å². The summed E-state index contributed by atoms with van der Waals surface area (Å²) in [4.78, 5) is 0. The molecule has 1 atom stereocenters. The molecule has 0 saturated carbocycles. The zero-order valence-electron chi connectivity index (χ0n) is 11.9. The molecule has 2 aromatic carbocycles. The Morgan fingerprint density at radius 3 is 2.37 bits per heavy atom. The van der Waals surface area contributed by atoms with Crippen molar-refractivity contribution in [1.82, 2.24) is 5.32 Å². The number of aryl methyl sites for hydroxylation is 2. The van der Waals surface area contributed by atoms with E-state index in [0.29, 0.717) is 6.04 Å². The van der Waals surface area contributed by atoms with E-state index in [1.54, 1.807) is 0 Å². The van der Waals surface area contributed by atoms with Crippen LogP contribution in [0.15, 0.2) is 54.6 Å². The second-order valence-corrected chi connectivity index (χ2v) is 5.23. The van der Waals surface area contributed by atoms with E-state index in [-0.39, 0.29) is 0 Å². The Bertz CT molecular complexity index is 490. The van der Waals surface area contributed by atoms with Gasteiger partial charge in [-0.2, -0.15) is 0 Å². The molecule has 0 aliphatic carbocycles. The summed E-state index contributed by atoms with van der Waals surface area (Å²) in [7, 11) is 0. The number of hydrogen-bond donors (Lipinski definition) is 1. The van der Waals surface area contributed by atoms with Crippen LogP contribution in [-0.2, 0) is 13.0 Å². The van der Waals surface area contributed by atoms with Crippen LogP contribution in [0.2, 0.25) is 0 Å². The first-order chi connectivity index (χ1) is 9.25. The maximum Gasteiger partial charge on any atom is 0.0210 e. The third-order valence-electron chi connectivity index (χ3n) is 3.61. The van der Waals surface area contributed by atoms with Crippen molar-refractivity contribution in [2.24, 2.45) is 0 Å². The standard InChI is InChI=1S/C18H23N/c1-15-8-6-7-11-18(15)14-19-16(2)12-13-17-9-4-3-5-10-17/h3-11,16,19H,12-14H2,1-2H3/t16-/m1/s1. The highest BCUT2D eigenvalue weighted by molar-refractivity contribution is 5.25. The number of benzene rings is 2. The van der Waals surface area contributed by atoms with Crippen molar-refractivity contribution < 1.29 is 0 Å². The Kier molecular flexibility index (Phi) is 5.17. The normalized spacial score (nSPS) is 12.3. The minimum Gasteiger partial charge on any atom is -0.310 e. The molecular formula is C18H23N. The molecule has 0 aliphatic rings. The van der Waals surface area contributed by atoms with Crippen LogP contribution in [0.3, 0.4) is 0 Å². The van der Waals surface area contributed by atoms with Gasteiger partial charge in [0.05, 0.1) is 0 Å². The SMILES string of the molecule is Cc1ccccc1CN[C@H](C)CCc1ccccc1. The lowest BCUT2D eigenvalue weighted by Gasteiger charge is -2.15. The summed E-state index contributed by atoms with van der Waals surface area (Å²) in [5.74, 6) is 0. The molecule has 1 heteroatoms. The molecule has 0 spiro atoms. The highest BCUT2D eigenvalue weighted by Gasteiger charge is 2.03. The molecule has 2 aromatic rings. The van der Waals surface area contributed by atoms with Crippen molar-refractivity contribution in [3.63, 3.8) is 0 Å². The first kappa shape index (κ1) is 13.8. The predicted octanol–water partition coefficient (Wildman–Crippen LogP) is 4.11. The highest BCUT2D eigenvalue weighted by atomic mass is 14.9. The number of rotatable bonds is 6. The fourth-order valence-electron chi connectivity index (χ4n) is 2.22. The van der Waals surface area contributed by atoms with Gasteiger partial charge in [0.1, 0.15) is 0 Å². The summed E-state index contributed by atoms with van der Waals surface area (Å²) < 4.78 is 0. The van der Waals surface area contributed by atoms with Crippen molar-refractivity contribution >= 4 is 0 Å². The van der Waals surface area contributed by atoms with Crippen molar-refractivity contribution in [3.8, 4) is 0 Å². The van der Waals surface area contributed by atoms with E-state index in [0.717, 1.165) is 13.0 Å². The van der Waals surface area contributed by atoms with Gasteiger partial charge in [-0.05, 0) is 43.4 Å². The first-order valence-electron chi connectivity index (χ1n) is 7.07. The lowest BCUT2D eigenvalue weighted by atomic mass is 10.1. The van der Waals surface area contributed by atoms with E-state index in [1.165, 1.54) is 23.1 Å². The minimum atomic E-state index is 0.541. The first-order valence-corrected chi connectivity index (χ1v) is 7.07. The second-order valence-electron chi connectivity index (χ2n) is 5.23. The molecule has 0 amide bonds. The van der Waals surface area contributed by atoms with E-state index in [9.17, 15) is 0 Å². The van der Waals surface area contributed by atoms with E-state index in [4.69, 9.17) is 0 Å². The van der Waals surface area contributed by atoms with Gasteiger partial charge in [0.25, 0.3) is 0 Å². The Morgan fingerprint density at radius 2 is 1.63 bits per heavy atom. The maximum atomic E-state index is 3.61. The molecule has 0 aromatic heterocycles. The van der Waals surface area contributed by atoms with Gasteiger partial charge >= 0.3 is 0 Å². The molecule has 1 nitrogen and oxygen atoms in total. The smallest absolute Gasteiger partial charge is 0.0210 e. The predicted molar refractivity (Wildman–Crippen MR) is 82.2 cm³/mol. The van der Waals surface area contributed by atoms with Crippen LogP contribution in [0.25, 0.3) is 0 Å². The van der Waals surface area contributed by atoms with Crippen molar-refractivity contribution in [2.45, 2.75) is 39.3 Å². The summed E-state index contributed by atoms with van der Waals surface area (Å²) >= 11 is 0.